The quantitative estimate of drug-likeness (QED) is 0.519. The molecule has 4 rings (SSSR count). The van der Waals surface area contributed by atoms with E-state index in [9.17, 15) is 22.0 Å². The number of rotatable bonds is 3. The van der Waals surface area contributed by atoms with Crippen molar-refractivity contribution in [2.24, 2.45) is 10.9 Å². The Hall–Kier alpha value is -2.58. The van der Waals surface area contributed by atoms with Crippen LogP contribution in [0.4, 0.5) is 8.78 Å². The van der Waals surface area contributed by atoms with Crippen LogP contribution >= 0.6 is 11.6 Å². The summed E-state index contributed by atoms with van der Waals surface area (Å²) in [4.78, 5) is 17.0. The summed E-state index contributed by atoms with van der Waals surface area (Å²) in [6, 6.07) is 8.03. The van der Waals surface area contributed by atoms with Gasteiger partial charge >= 0.3 is 0 Å². The van der Waals surface area contributed by atoms with Gasteiger partial charge in [-0.25, -0.2) is 17.2 Å². The summed E-state index contributed by atoms with van der Waals surface area (Å²) in [5.41, 5.74) is 1.09. The number of hydrogen-bond acceptors (Lipinski definition) is 4. The molecule has 0 saturated heterocycles. The number of benzene rings is 2. The minimum Gasteiger partial charge on any atom is -0.349 e. The zero-order valence-corrected chi connectivity index (χ0v) is 20.9. The normalized spacial score (nSPS) is 21.0. The van der Waals surface area contributed by atoms with Gasteiger partial charge < -0.3 is 5.32 Å². The number of fused-ring (bicyclic) bond motifs is 1. The number of carbonyl (C=O) groups is 1. The van der Waals surface area contributed by atoms with Crippen molar-refractivity contribution in [3.8, 4) is 0 Å². The van der Waals surface area contributed by atoms with Crippen molar-refractivity contribution in [2.75, 3.05) is 6.54 Å². The van der Waals surface area contributed by atoms with E-state index in [0.717, 1.165) is 12.0 Å². The fraction of sp³-hybridized carbons (Fsp3) is 0.385. The highest BCUT2D eigenvalue weighted by atomic mass is 35.5. The lowest BCUT2D eigenvalue weighted by Crippen LogP contribution is -2.39. The molecule has 1 aliphatic carbocycles. The Bertz CT molecular complexity index is 1290. The number of nitrogens with one attached hydrogen (secondary N) is 1. The van der Waals surface area contributed by atoms with Crippen molar-refractivity contribution < 1.29 is 22.0 Å². The van der Waals surface area contributed by atoms with Crippen LogP contribution in [0.2, 0.25) is 5.02 Å². The Balaban J connectivity index is 1.45. The van der Waals surface area contributed by atoms with Crippen LogP contribution in [0.3, 0.4) is 0 Å². The van der Waals surface area contributed by atoms with Gasteiger partial charge in [0.05, 0.1) is 15.5 Å². The van der Waals surface area contributed by atoms with Crippen LogP contribution in [-0.4, -0.2) is 32.0 Å². The smallest absolute Gasteiger partial charge is 0.256 e. The predicted octanol–water partition coefficient (Wildman–Crippen LogP) is 5.81. The van der Waals surface area contributed by atoms with Crippen molar-refractivity contribution in [1.82, 2.24) is 5.32 Å². The van der Waals surface area contributed by atoms with E-state index in [2.05, 4.69) is 16.4 Å². The van der Waals surface area contributed by atoms with Crippen LogP contribution in [0.15, 0.2) is 57.9 Å². The van der Waals surface area contributed by atoms with Crippen molar-refractivity contribution >= 4 is 32.4 Å². The second-order valence-electron chi connectivity index (χ2n) is 8.99. The average molecular weight is 521 g/mol. The van der Waals surface area contributed by atoms with E-state index in [1.807, 2.05) is 0 Å². The third kappa shape index (κ3) is 5.48. The lowest BCUT2D eigenvalue weighted by Gasteiger charge is -2.32. The van der Waals surface area contributed by atoms with Crippen LogP contribution in [0.5, 0.6) is 0 Å². The van der Waals surface area contributed by atoms with Gasteiger partial charge in [0, 0.05) is 24.6 Å². The zero-order chi connectivity index (χ0) is 25.2. The van der Waals surface area contributed by atoms with E-state index in [0.29, 0.717) is 32.2 Å². The lowest BCUT2D eigenvalue weighted by molar-refractivity contribution is 0.0925. The molecule has 0 bridgehead atoms. The van der Waals surface area contributed by atoms with E-state index < -0.39 is 27.4 Å². The van der Waals surface area contributed by atoms with E-state index in [-0.39, 0.29) is 44.5 Å². The monoisotopic (exact) mass is 520 g/mol. The highest BCUT2D eigenvalue weighted by Gasteiger charge is 2.31. The van der Waals surface area contributed by atoms with E-state index in [1.54, 1.807) is 0 Å². The predicted molar refractivity (Wildman–Crippen MR) is 133 cm³/mol. The van der Waals surface area contributed by atoms with Gasteiger partial charge in [0.25, 0.3) is 5.91 Å². The average Bonchev–Trinajstić information content (AvgIpc) is 2.91. The third-order valence-corrected chi connectivity index (χ3v) is 9.03. The van der Waals surface area contributed by atoms with Crippen molar-refractivity contribution in [1.29, 1.82) is 0 Å². The molecular formula is C26H27ClF2N2O3S. The van der Waals surface area contributed by atoms with Gasteiger partial charge in [-0.1, -0.05) is 35.4 Å². The first-order valence-corrected chi connectivity index (χ1v) is 13.5. The number of amides is 1. The maximum absolute atomic E-state index is 14.1. The Morgan fingerprint density at radius 3 is 2.60 bits per heavy atom. The second-order valence-corrected chi connectivity index (χ2v) is 11.3. The molecule has 1 heterocycles. The largest absolute Gasteiger partial charge is 0.349 e. The molecule has 0 aromatic heterocycles. The van der Waals surface area contributed by atoms with E-state index >= 15 is 0 Å². The molecule has 186 valence electrons. The summed E-state index contributed by atoms with van der Waals surface area (Å²) in [6.45, 7) is 1.77. The summed E-state index contributed by atoms with van der Waals surface area (Å²) in [5.74, 6) is -1.60. The summed E-state index contributed by atoms with van der Waals surface area (Å²) in [5, 5.41) is 3.06. The van der Waals surface area contributed by atoms with Crippen molar-refractivity contribution in [3.63, 3.8) is 0 Å². The van der Waals surface area contributed by atoms with Gasteiger partial charge in [-0.2, -0.15) is 0 Å². The van der Waals surface area contributed by atoms with E-state index in [4.69, 9.17) is 11.6 Å². The first-order valence-electron chi connectivity index (χ1n) is 11.7. The molecule has 5 nitrogen and oxygen atoms in total. The molecule has 35 heavy (non-hydrogen) atoms. The molecule has 2 aliphatic rings. The first-order chi connectivity index (χ1) is 16.7. The Labute approximate surface area is 209 Å². The van der Waals surface area contributed by atoms with Gasteiger partial charge in [0.15, 0.2) is 0 Å². The fourth-order valence-corrected chi connectivity index (χ4v) is 6.77. The van der Waals surface area contributed by atoms with Crippen molar-refractivity contribution in [3.05, 3.63) is 75.8 Å². The fourth-order valence-electron chi connectivity index (χ4n) is 4.86. The Kier molecular flexibility index (Phi) is 7.71. The Morgan fingerprint density at radius 1 is 1.09 bits per heavy atom. The Morgan fingerprint density at radius 2 is 1.83 bits per heavy atom. The molecule has 2 atom stereocenters. The highest BCUT2D eigenvalue weighted by Crippen LogP contribution is 2.35. The summed E-state index contributed by atoms with van der Waals surface area (Å²) in [7, 11) is -3.89. The number of aliphatic imine (C=N–C) groups is 1. The maximum atomic E-state index is 14.1. The number of hydrogen-bond donors (Lipinski definition) is 1. The molecule has 2 aromatic rings. The minimum atomic E-state index is -3.89. The number of nitrogens with zero attached hydrogens (tertiary/aromatic N) is 1. The minimum absolute atomic E-state index is 0.0399. The van der Waals surface area contributed by atoms with Gasteiger partial charge in [-0.05, 0) is 69.2 Å². The van der Waals surface area contributed by atoms with Crippen LogP contribution < -0.4 is 5.32 Å². The van der Waals surface area contributed by atoms with Gasteiger partial charge in [0.1, 0.15) is 16.7 Å². The number of halogens is 3. The van der Waals surface area contributed by atoms with Crippen LogP contribution in [0.25, 0.3) is 0 Å². The molecule has 9 heteroatoms. The van der Waals surface area contributed by atoms with Crippen LogP contribution in [0.1, 0.15) is 54.4 Å². The van der Waals surface area contributed by atoms with Gasteiger partial charge in [0.2, 0.25) is 9.84 Å². The molecule has 1 saturated carbocycles. The topological polar surface area (TPSA) is 75.6 Å². The molecule has 2 unspecified atom stereocenters. The molecule has 0 spiro atoms. The molecule has 1 fully saturated rings. The van der Waals surface area contributed by atoms with Crippen molar-refractivity contribution in [2.45, 2.75) is 56.4 Å². The standard InChI is InChI=1S/C26H27ClF2N2O3S/c1-16-21(28)7-3-9-23(16)35(33,34)24-13-11-17-10-12-19(15-18(17)5-4-14-30-24)31-26(32)25-20(27)6-2-8-22(25)29/h2-3,5-9,17,19H,4,10-15H2,1H3,(H,31,32). The zero-order valence-electron chi connectivity index (χ0n) is 19.4. The SMILES string of the molecule is Cc1c(F)cccc1S(=O)(=O)C1=NCCC=C2CC(NC(=O)c3c(F)cccc3Cl)CCC2CC1. The molecule has 1 aliphatic heterocycles. The molecule has 1 amide bonds. The highest BCUT2D eigenvalue weighted by molar-refractivity contribution is 8.06. The summed E-state index contributed by atoms with van der Waals surface area (Å²) in [6.07, 6.45) is 5.54. The van der Waals surface area contributed by atoms with Gasteiger partial charge in [-0.15, -0.1) is 0 Å². The van der Waals surface area contributed by atoms with Crippen LogP contribution in [-0.2, 0) is 9.84 Å². The molecular weight excluding hydrogens is 494 g/mol. The summed E-state index contributed by atoms with van der Waals surface area (Å²) < 4.78 is 54.7. The number of sulfone groups is 1. The van der Waals surface area contributed by atoms with Gasteiger partial charge in [-0.3, -0.25) is 9.79 Å². The first kappa shape index (κ1) is 25.5. The molecule has 2 aromatic carbocycles. The second kappa shape index (κ2) is 10.6. The maximum Gasteiger partial charge on any atom is 0.256 e. The molecule has 1 N–H and O–H groups in total. The number of carbonyl (C=O) groups excluding carboxylic acids is 1. The molecule has 0 radical (unpaired) electrons. The third-order valence-electron chi connectivity index (χ3n) is 6.74. The van der Waals surface area contributed by atoms with Crippen LogP contribution in [0, 0.1) is 24.5 Å². The lowest BCUT2D eigenvalue weighted by atomic mass is 9.78. The summed E-state index contributed by atoms with van der Waals surface area (Å²) >= 11 is 6.03. The van der Waals surface area contributed by atoms with E-state index in [1.165, 1.54) is 43.3 Å².